The molecule has 0 saturated heterocycles. The minimum absolute atomic E-state index is 0.0623. The second-order valence-electron chi connectivity index (χ2n) is 3.46. The number of nitrogens with two attached hydrogens (primary N) is 1. The Labute approximate surface area is 96.4 Å². The van der Waals surface area contributed by atoms with E-state index < -0.39 is 4.92 Å². The van der Waals surface area contributed by atoms with E-state index in [1.807, 2.05) is 0 Å². The van der Waals surface area contributed by atoms with E-state index in [9.17, 15) is 10.1 Å². The molecular formula is C10H10N4O3. The van der Waals surface area contributed by atoms with Gasteiger partial charge in [0.25, 0.3) is 5.69 Å². The number of aryl methyl sites for hydroxylation is 1. The molecule has 1 aromatic heterocycles. The lowest BCUT2D eigenvalue weighted by molar-refractivity contribution is -0.385. The van der Waals surface area contributed by atoms with Crippen molar-refractivity contribution in [3.05, 3.63) is 39.8 Å². The molecule has 2 N–H and O–H groups in total. The fourth-order valence-electron chi connectivity index (χ4n) is 1.45. The average Bonchev–Trinajstić information content (AvgIpc) is 2.76. The van der Waals surface area contributed by atoms with Crippen LogP contribution in [0, 0.1) is 17.0 Å². The van der Waals surface area contributed by atoms with Gasteiger partial charge in [-0.15, -0.1) is 10.2 Å². The van der Waals surface area contributed by atoms with Gasteiger partial charge in [0.05, 0.1) is 11.5 Å². The zero-order valence-corrected chi connectivity index (χ0v) is 9.08. The highest BCUT2D eigenvalue weighted by Crippen LogP contribution is 2.25. The summed E-state index contributed by atoms with van der Waals surface area (Å²) < 4.78 is 5.26. The molecule has 0 radical (unpaired) electrons. The maximum atomic E-state index is 10.7. The number of hydrogen-bond donors (Lipinski definition) is 1. The summed E-state index contributed by atoms with van der Waals surface area (Å²) in [5, 5.41) is 18.2. The lowest BCUT2D eigenvalue weighted by atomic mass is 10.1. The molecular weight excluding hydrogens is 224 g/mol. The van der Waals surface area contributed by atoms with Gasteiger partial charge in [-0.3, -0.25) is 10.1 Å². The second-order valence-corrected chi connectivity index (χ2v) is 3.46. The molecule has 88 valence electrons. The minimum atomic E-state index is -0.432. The minimum Gasteiger partial charge on any atom is -0.419 e. The first-order valence-corrected chi connectivity index (χ1v) is 4.89. The normalized spacial score (nSPS) is 10.5. The lowest BCUT2D eigenvalue weighted by Gasteiger charge is -1.98. The van der Waals surface area contributed by atoms with E-state index in [0.717, 1.165) is 0 Å². The van der Waals surface area contributed by atoms with Crippen LogP contribution in [0.15, 0.2) is 22.6 Å². The van der Waals surface area contributed by atoms with Crippen LogP contribution in [0.2, 0.25) is 0 Å². The molecule has 2 rings (SSSR count). The number of hydrogen-bond acceptors (Lipinski definition) is 6. The van der Waals surface area contributed by atoms with Gasteiger partial charge < -0.3 is 10.2 Å². The Kier molecular flexibility index (Phi) is 2.84. The summed E-state index contributed by atoms with van der Waals surface area (Å²) in [5.41, 5.74) is 6.59. The van der Waals surface area contributed by atoms with Crippen LogP contribution < -0.4 is 5.73 Å². The molecule has 0 aliphatic carbocycles. The average molecular weight is 234 g/mol. The highest BCUT2D eigenvalue weighted by molar-refractivity contribution is 5.58. The van der Waals surface area contributed by atoms with Crippen molar-refractivity contribution in [2.24, 2.45) is 5.73 Å². The van der Waals surface area contributed by atoms with Crippen LogP contribution in [0.5, 0.6) is 0 Å². The van der Waals surface area contributed by atoms with Crippen molar-refractivity contribution in [1.82, 2.24) is 10.2 Å². The molecule has 0 unspecified atom stereocenters. The Balaban J connectivity index is 2.40. The number of benzene rings is 1. The summed E-state index contributed by atoms with van der Waals surface area (Å²) in [7, 11) is 0. The zero-order chi connectivity index (χ0) is 12.4. The molecule has 0 spiro atoms. The highest BCUT2D eigenvalue weighted by atomic mass is 16.6. The van der Waals surface area contributed by atoms with Gasteiger partial charge in [-0.25, -0.2) is 0 Å². The van der Waals surface area contributed by atoms with E-state index in [-0.39, 0.29) is 12.2 Å². The summed E-state index contributed by atoms with van der Waals surface area (Å²) in [6.07, 6.45) is 0. The van der Waals surface area contributed by atoms with Gasteiger partial charge >= 0.3 is 0 Å². The van der Waals surface area contributed by atoms with E-state index in [1.165, 1.54) is 6.07 Å². The zero-order valence-electron chi connectivity index (χ0n) is 9.08. The van der Waals surface area contributed by atoms with Gasteiger partial charge in [-0.1, -0.05) is 0 Å². The quantitative estimate of drug-likeness (QED) is 0.635. The Bertz CT molecular complexity index is 564. The Morgan fingerprint density at radius 1 is 1.47 bits per heavy atom. The van der Waals surface area contributed by atoms with E-state index in [4.69, 9.17) is 10.2 Å². The first kappa shape index (κ1) is 11.2. The molecule has 17 heavy (non-hydrogen) atoms. The van der Waals surface area contributed by atoms with Crippen LogP contribution in [0.4, 0.5) is 5.69 Å². The topological polar surface area (TPSA) is 108 Å². The third-order valence-corrected chi connectivity index (χ3v) is 2.28. The van der Waals surface area contributed by atoms with Crippen molar-refractivity contribution < 1.29 is 9.34 Å². The summed E-state index contributed by atoms with van der Waals surface area (Å²) in [4.78, 5) is 10.2. The van der Waals surface area contributed by atoms with Gasteiger partial charge in [0.15, 0.2) is 0 Å². The molecule has 0 aliphatic rings. The number of nitro groups is 1. The summed E-state index contributed by atoms with van der Waals surface area (Å²) in [5.74, 6) is 0.638. The molecule has 2 aromatic rings. The van der Waals surface area contributed by atoms with Crippen LogP contribution in [-0.2, 0) is 6.54 Å². The van der Waals surface area contributed by atoms with Gasteiger partial charge in [0, 0.05) is 17.2 Å². The van der Waals surface area contributed by atoms with Gasteiger partial charge in [0.1, 0.15) is 0 Å². The standard InChI is InChI=1S/C10H10N4O3/c1-6-4-7(2-3-8(6)14(15)16)10-13-12-9(5-11)17-10/h2-4H,5,11H2,1H3. The Morgan fingerprint density at radius 2 is 2.24 bits per heavy atom. The second kappa shape index (κ2) is 4.30. The first-order valence-electron chi connectivity index (χ1n) is 4.89. The highest BCUT2D eigenvalue weighted by Gasteiger charge is 2.13. The van der Waals surface area contributed by atoms with Crippen LogP contribution in [0.3, 0.4) is 0 Å². The molecule has 1 heterocycles. The van der Waals surface area contributed by atoms with E-state index >= 15 is 0 Å². The predicted octanol–water partition coefficient (Wildman–Crippen LogP) is 1.41. The maximum Gasteiger partial charge on any atom is 0.272 e. The third-order valence-electron chi connectivity index (χ3n) is 2.28. The van der Waals surface area contributed by atoms with Crippen molar-refractivity contribution in [3.8, 4) is 11.5 Å². The summed E-state index contributed by atoms with van der Waals surface area (Å²) >= 11 is 0. The van der Waals surface area contributed by atoms with Crippen LogP contribution in [0.25, 0.3) is 11.5 Å². The molecule has 0 bridgehead atoms. The lowest BCUT2D eigenvalue weighted by Crippen LogP contribution is -1.95. The number of nitrogens with zero attached hydrogens (tertiary/aromatic N) is 3. The number of nitro benzene ring substituents is 1. The maximum absolute atomic E-state index is 10.7. The molecule has 0 fully saturated rings. The van der Waals surface area contributed by atoms with Crippen molar-refractivity contribution in [3.63, 3.8) is 0 Å². The predicted molar refractivity (Wildman–Crippen MR) is 59.0 cm³/mol. The van der Waals surface area contributed by atoms with Gasteiger partial charge in [-0.05, 0) is 19.1 Å². The Hall–Kier alpha value is -2.28. The fourth-order valence-corrected chi connectivity index (χ4v) is 1.45. The first-order chi connectivity index (χ1) is 8.11. The number of aromatic nitrogens is 2. The van der Waals surface area contributed by atoms with Crippen molar-refractivity contribution in [1.29, 1.82) is 0 Å². The molecule has 0 atom stereocenters. The van der Waals surface area contributed by atoms with Crippen LogP contribution >= 0.6 is 0 Å². The number of rotatable bonds is 3. The Morgan fingerprint density at radius 3 is 2.76 bits per heavy atom. The van der Waals surface area contributed by atoms with Gasteiger partial charge in [-0.2, -0.15) is 0 Å². The molecule has 1 aromatic carbocycles. The monoisotopic (exact) mass is 234 g/mol. The molecule has 0 aliphatic heterocycles. The van der Waals surface area contributed by atoms with Crippen molar-refractivity contribution >= 4 is 5.69 Å². The van der Waals surface area contributed by atoms with E-state index in [1.54, 1.807) is 19.1 Å². The summed E-state index contributed by atoms with van der Waals surface area (Å²) in [6, 6.07) is 4.61. The molecule has 7 heteroatoms. The molecule has 0 amide bonds. The van der Waals surface area contributed by atoms with E-state index in [0.29, 0.717) is 22.9 Å². The summed E-state index contributed by atoms with van der Waals surface area (Å²) in [6.45, 7) is 1.82. The van der Waals surface area contributed by atoms with Crippen molar-refractivity contribution in [2.45, 2.75) is 13.5 Å². The largest absolute Gasteiger partial charge is 0.419 e. The SMILES string of the molecule is Cc1cc(-c2nnc(CN)o2)ccc1[N+](=O)[O-]. The van der Waals surface area contributed by atoms with Crippen LogP contribution in [-0.4, -0.2) is 15.1 Å². The molecule has 7 nitrogen and oxygen atoms in total. The van der Waals surface area contributed by atoms with Crippen LogP contribution in [0.1, 0.15) is 11.5 Å². The van der Waals surface area contributed by atoms with E-state index in [2.05, 4.69) is 10.2 Å². The van der Waals surface area contributed by atoms with Gasteiger partial charge in [0.2, 0.25) is 11.8 Å². The fraction of sp³-hybridized carbons (Fsp3) is 0.200. The van der Waals surface area contributed by atoms with Crippen molar-refractivity contribution in [2.75, 3.05) is 0 Å². The third kappa shape index (κ3) is 2.13. The smallest absolute Gasteiger partial charge is 0.272 e. The molecule has 0 saturated carbocycles.